The van der Waals surface area contributed by atoms with Gasteiger partial charge in [0.25, 0.3) is 0 Å². The average Bonchev–Trinajstić information content (AvgIpc) is 1.84. The molecule has 0 aliphatic heterocycles. The van der Waals surface area contributed by atoms with Gasteiger partial charge in [-0.2, -0.15) is 0 Å². The van der Waals surface area contributed by atoms with Gasteiger partial charge in [0.2, 0.25) is 0 Å². The average molecular weight is 193 g/mol. The van der Waals surface area contributed by atoms with Crippen LogP contribution >= 0.6 is 0 Å². The molecule has 0 bridgehead atoms. The Morgan fingerprint density at radius 2 is 1.38 bits per heavy atom. The van der Waals surface area contributed by atoms with Crippen LogP contribution < -0.4 is 5.73 Å². The van der Waals surface area contributed by atoms with Crippen molar-refractivity contribution in [1.82, 2.24) is 0 Å². The van der Waals surface area contributed by atoms with Crippen molar-refractivity contribution in [3.8, 4) is 0 Å². The summed E-state index contributed by atoms with van der Waals surface area (Å²) in [5.41, 5.74) is 4.84. The Morgan fingerprint density at radius 1 is 1.15 bits per heavy atom. The van der Waals surface area contributed by atoms with E-state index in [1.54, 1.807) is 0 Å². The summed E-state index contributed by atoms with van der Waals surface area (Å²) in [5, 5.41) is 23.3. The van der Waals surface area contributed by atoms with Crippen molar-refractivity contribution in [2.75, 3.05) is 0 Å². The zero-order valence-electron chi connectivity index (χ0n) is 6.93. The standard InChI is InChI=1S/C3H7NO2.C3H4O4/c1-2(4)3(5)6;4-2(5)1-3(6)7/h2H,4H2,1H3,(H,5,6);1H2,(H,4,5)(H,6,7). The first-order valence-electron chi connectivity index (χ1n) is 3.19. The molecule has 0 aromatic carbocycles. The first kappa shape index (κ1) is 13.9. The van der Waals surface area contributed by atoms with Gasteiger partial charge in [0, 0.05) is 0 Å². The predicted molar refractivity (Wildman–Crippen MR) is 41.2 cm³/mol. The Hall–Kier alpha value is -1.63. The zero-order valence-corrected chi connectivity index (χ0v) is 6.93. The Labute approximate surface area is 73.8 Å². The van der Waals surface area contributed by atoms with Gasteiger partial charge in [-0.1, -0.05) is 0 Å². The van der Waals surface area contributed by atoms with Crippen LogP contribution in [0.1, 0.15) is 13.3 Å². The van der Waals surface area contributed by atoms with Gasteiger partial charge in [-0.05, 0) is 6.92 Å². The minimum atomic E-state index is -1.31. The van der Waals surface area contributed by atoms with Crippen LogP contribution in [0.15, 0.2) is 0 Å². The molecule has 1 unspecified atom stereocenters. The maximum absolute atomic E-state index is 9.57. The number of hydrogen-bond donors (Lipinski definition) is 4. The van der Waals surface area contributed by atoms with Gasteiger partial charge >= 0.3 is 17.9 Å². The van der Waals surface area contributed by atoms with E-state index in [1.807, 2.05) is 0 Å². The molecule has 7 heteroatoms. The number of carboxylic acids is 3. The highest BCUT2D eigenvalue weighted by Crippen LogP contribution is 1.74. The van der Waals surface area contributed by atoms with Crippen LogP contribution in [0.3, 0.4) is 0 Å². The Kier molecular flexibility index (Phi) is 7.54. The zero-order chi connectivity index (χ0) is 11.0. The van der Waals surface area contributed by atoms with E-state index < -0.39 is 30.4 Å². The van der Waals surface area contributed by atoms with Gasteiger partial charge in [-0.15, -0.1) is 0 Å². The minimum Gasteiger partial charge on any atom is -0.481 e. The van der Waals surface area contributed by atoms with Crippen LogP contribution in [0.2, 0.25) is 0 Å². The van der Waals surface area contributed by atoms with Gasteiger partial charge in [0.15, 0.2) is 0 Å². The summed E-state index contributed by atoms with van der Waals surface area (Å²) in [6, 6.07) is -0.731. The fourth-order valence-corrected chi connectivity index (χ4v) is 0.129. The summed E-state index contributed by atoms with van der Waals surface area (Å²) in [6.07, 6.45) is -0.806. The van der Waals surface area contributed by atoms with Crippen molar-refractivity contribution in [1.29, 1.82) is 0 Å². The van der Waals surface area contributed by atoms with Crippen LogP contribution in [0.4, 0.5) is 0 Å². The molecule has 0 rings (SSSR count). The van der Waals surface area contributed by atoms with E-state index in [1.165, 1.54) is 6.92 Å². The van der Waals surface area contributed by atoms with Crippen molar-refractivity contribution in [2.45, 2.75) is 19.4 Å². The summed E-state index contributed by atoms with van der Waals surface area (Å²) < 4.78 is 0. The smallest absolute Gasteiger partial charge is 0.320 e. The molecule has 0 amide bonds. The van der Waals surface area contributed by atoms with Crippen LogP contribution in [-0.2, 0) is 14.4 Å². The van der Waals surface area contributed by atoms with E-state index in [4.69, 9.17) is 21.1 Å². The van der Waals surface area contributed by atoms with E-state index in [2.05, 4.69) is 0 Å². The Morgan fingerprint density at radius 3 is 1.38 bits per heavy atom. The van der Waals surface area contributed by atoms with E-state index in [0.29, 0.717) is 0 Å². The van der Waals surface area contributed by atoms with Crippen molar-refractivity contribution >= 4 is 17.9 Å². The molecular formula is C6H11NO6. The number of hydrogen-bond acceptors (Lipinski definition) is 4. The second-order valence-electron chi connectivity index (χ2n) is 2.09. The lowest BCUT2D eigenvalue weighted by atomic mass is 10.4. The van der Waals surface area contributed by atoms with E-state index in [-0.39, 0.29) is 0 Å². The summed E-state index contributed by atoms with van der Waals surface area (Å²) in [6.45, 7) is 1.42. The predicted octanol–water partition coefficient (Wildman–Crippen LogP) is -1.04. The highest BCUT2D eigenvalue weighted by Gasteiger charge is 2.01. The molecule has 5 N–H and O–H groups in total. The lowest BCUT2D eigenvalue weighted by molar-refractivity contribution is -0.147. The monoisotopic (exact) mass is 193 g/mol. The van der Waals surface area contributed by atoms with Gasteiger partial charge in [-0.25, -0.2) is 0 Å². The summed E-state index contributed by atoms with van der Waals surface area (Å²) in [7, 11) is 0. The molecule has 7 nitrogen and oxygen atoms in total. The first-order chi connectivity index (χ1) is 5.77. The number of carboxylic acid groups (broad SMARTS) is 3. The number of carbonyl (C=O) groups is 3. The van der Waals surface area contributed by atoms with Crippen molar-refractivity contribution in [3.05, 3.63) is 0 Å². The summed E-state index contributed by atoms with van der Waals surface area (Å²) in [5.74, 6) is -3.59. The number of rotatable bonds is 3. The molecule has 0 aromatic heterocycles. The van der Waals surface area contributed by atoms with Crippen molar-refractivity contribution in [3.63, 3.8) is 0 Å². The molecule has 1 atom stereocenters. The molecule has 0 fully saturated rings. The van der Waals surface area contributed by atoms with Gasteiger partial charge < -0.3 is 21.1 Å². The molecule has 0 aliphatic rings. The van der Waals surface area contributed by atoms with E-state index in [9.17, 15) is 14.4 Å². The third-order valence-electron chi connectivity index (χ3n) is 0.692. The Balaban J connectivity index is 0. The second-order valence-corrected chi connectivity index (χ2v) is 2.09. The van der Waals surface area contributed by atoms with Crippen LogP contribution in [0, 0.1) is 0 Å². The third-order valence-corrected chi connectivity index (χ3v) is 0.692. The maximum atomic E-state index is 9.57. The van der Waals surface area contributed by atoms with Crippen LogP contribution in [0.25, 0.3) is 0 Å². The molecule has 0 aliphatic carbocycles. The summed E-state index contributed by atoms with van der Waals surface area (Å²) >= 11 is 0. The van der Waals surface area contributed by atoms with Crippen molar-refractivity contribution < 1.29 is 29.7 Å². The maximum Gasteiger partial charge on any atom is 0.320 e. The lowest BCUT2D eigenvalue weighted by Crippen LogP contribution is -2.25. The molecule has 0 saturated heterocycles. The molecule has 0 spiro atoms. The topological polar surface area (TPSA) is 138 Å². The van der Waals surface area contributed by atoms with Crippen LogP contribution in [-0.4, -0.2) is 39.3 Å². The second kappa shape index (κ2) is 7.04. The van der Waals surface area contributed by atoms with Crippen molar-refractivity contribution in [2.24, 2.45) is 5.73 Å². The van der Waals surface area contributed by atoms with Gasteiger partial charge in [0.05, 0.1) is 0 Å². The quantitative estimate of drug-likeness (QED) is 0.420. The first-order valence-corrected chi connectivity index (χ1v) is 3.19. The molecule has 0 aromatic rings. The number of nitrogens with two attached hydrogens (primary N) is 1. The molecular weight excluding hydrogens is 182 g/mol. The van der Waals surface area contributed by atoms with E-state index >= 15 is 0 Å². The molecule has 13 heavy (non-hydrogen) atoms. The molecule has 0 saturated carbocycles. The highest BCUT2D eigenvalue weighted by molar-refractivity contribution is 5.88. The SMILES string of the molecule is CC(N)C(=O)O.O=C(O)CC(=O)O. The van der Waals surface area contributed by atoms with Crippen LogP contribution in [0.5, 0.6) is 0 Å². The summed E-state index contributed by atoms with van der Waals surface area (Å²) in [4.78, 5) is 28.4. The number of aliphatic carboxylic acids is 3. The van der Waals surface area contributed by atoms with Gasteiger partial charge in [0.1, 0.15) is 12.5 Å². The minimum absolute atomic E-state index is 0.731. The van der Waals surface area contributed by atoms with E-state index in [0.717, 1.165) is 0 Å². The highest BCUT2D eigenvalue weighted by atomic mass is 16.4. The molecule has 0 heterocycles. The fraction of sp³-hybridized carbons (Fsp3) is 0.500. The molecule has 0 radical (unpaired) electrons. The fourth-order valence-electron chi connectivity index (χ4n) is 0.129. The third kappa shape index (κ3) is 17.9. The molecule has 76 valence electrons. The van der Waals surface area contributed by atoms with Gasteiger partial charge in [-0.3, -0.25) is 14.4 Å². The normalized spacial score (nSPS) is 10.6. The Bertz CT molecular complexity index is 187. The lowest BCUT2D eigenvalue weighted by Gasteiger charge is -1.90. The largest absolute Gasteiger partial charge is 0.481 e.